The first-order valence-electron chi connectivity index (χ1n) is 7.98. The van der Waals surface area contributed by atoms with E-state index in [1.54, 1.807) is 13.2 Å². The minimum Gasteiger partial charge on any atom is -0.507 e. The van der Waals surface area contributed by atoms with Crippen molar-refractivity contribution in [3.05, 3.63) is 23.8 Å². The van der Waals surface area contributed by atoms with E-state index in [-0.39, 0.29) is 0 Å². The normalized spacial score (nSPS) is 17.0. The molecule has 0 aliphatic carbocycles. The molecule has 0 atom stereocenters. The standard InChI is InChI=1S/C17H28N2O2/c1-14-6-10-19(11-7-14)9-3-8-18-13-15-4-5-16(21-2)12-17(15)20/h4-5,12,14,18,20H,3,6-11,13H2,1-2H3. The largest absolute Gasteiger partial charge is 0.507 e. The summed E-state index contributed by atoms with van der Waals surface area (Å²) in [4.78, 5) is 2.56. The van der Waals surface area contributed by atoms with Crippen molar-refractivity contribution in [1.82, 2.24) is 10.2 Å². The van der Waals surface area contributed by atoms with Crippen LogP contribution in [-0.4, -0.2) is 43.3 Å². The number of methoxy groups -OCH3 is 1. The first kappa shape index (κ1) is 16.1. The third kappa shape index (κ3) is 5.21. The van der Waals surface area contributed by atoms with Crippen molar-refractivity contribution in [2.45, 2.75) is 32.7 Å². The van der Waals surface area contributed by atoms with Crippen LogP contribution in [0.25, 0.3) is 0 Å². The molecule has 0 radical (unpaired) electrons. The van der Waals surface area contributed by atoms with Gasteiger partial charge in [-0.25, -0.2) is 0 Å². The van der Waals surface area contributed by atoms with Crippen molar-refractivity contribution in [1.29, 1.82) is 0 Å². The smallest absolute Gasteiger partial charge is 0.123 e. The minimum absolute atomic E-state index is 0.298. The molecule has 4 nitrogen and oxygen atoms in total. The molecule has 4 heteroatoms. The number of likely N-dealkylation sites (tertiary alicyclic amines) is 1. The highest BCUT2D eigenvalue weighted by atomic mass is 16.5. The maximum Gasteiger partial charge on any atom is 0.123 e. The van der Waals surface area contributed by atoms with Crippen LogP contribution in [0.5, 0.6) is 11.5 Å². The van der Waals surface area contributed by atoms with Gasteiger partial charge in [0.1, 0.15) is 11.5 Å². The number of hydrogen-bond acceptors (Lipinski definition) is 4. The van der Waals surface area contributed by atoms with Gasteiger partial charge < -0.3 is 20.1 Å². The third-order valence-electron chi connectivity index (χ3n) is 4.31. The van der Waals surface area contributed by atoms with Gasteiger partial charge in [-0.05, 0) is 57.4 Å². The van der Waals surface area contributed by atoms with Crippen molar-refractivity contribution in [3.8, 4) is 11.5 Å². The number of phenolic OH excluding ortho intramolecular Hbond substituents is 1. The molecule has 1 aromatic rings. The monoisotopic (exact) mass is 292 g/mol. The van der Waals surface area contributed by atoms with E-state index in [1.807, 2.05) is 12.1 Å². The molecule has 0 aromatic heterocycles. The summed E-state index contributed by atoms with van der Waals surface area (Å²) in [6.07, 6.45) is 3.84. The highest BCUT2D eigenvalue weighted by molar-refractivity contribution is 5.39. The second-order valence-electron chi connectivity index (χ2n) is 6.05. The number of rotatable bonds is 7. The van der Waals surface area contributed by atoms with Crippen LogP contribution in [0.4, 0.5) is 0 Å². The number of nitrogens with zero attached hydrogens (tertiary/aromatic N) is 1. The molecule has 0 unspecified atom stereocenters. The maximum absolute atomic E-state index is 9.88. The molecule has 1 aliphatic rings. The van der Waals surface area contributed by atoms with Crippen LogP contribution in [0, 0.1) is 5.92 Å². The van der Waals surface area contributed by atoms with Crippen LogP contribution in [0.2, 0.25) is 0 Å². The number of nitrogens with one attached hydrogen (secondary N) is 1. The summed E-state index contributed by atoms with van der Waals surface area (Å²) in [5.74, 6) is 1.89. The van der Waals surface area contributed by atoms with Gasteiger partial charge in [0.25, 0.3) is 0 Å². The predicted molar refractivity (Wildman–Crippen MR) is 85.8 cm³/mol. The van der Waals surface area contributed by atoms with Crippen LogP contribution >= 0.6 is 0 Å². The van der Waals surface area contributed by atoms with Crippen LogP contribution in [0.1, 0.15) is 31.7 Å². The Morgan fingerprint density at radius 3 is 2.76 bits per heavy atom. The van der Waals surface area contributed by atoms with E-state index in [2.05, 4.69) is 17.1 Å². The van der Waals surface area contributed by atoms with Crippen molar-refractivity contribution in [3.63, 3.8) is 0 Å². The summed E-state index contributed by atoms with van der Waals surface area (Å²) >= 11 is 0. The molecule has 0 bridgehead atoms. The number of ether oxygens (including phenoxy) is 1. The van der Waals surface area contributed by atoms with Gasteiger partial charge >= 0.3 is 0 Å². The molecule has 2 N–H and O–H groups in total. The van der Waals surface area contributed by atoms with Gasteiger partial charge in [-0.1, -0.05) is 13.0 Å². The summed E-state index contributed by atoms with van der Waals surface area (Å²) < 4.78 is 5.08. The SMILES string of the molecule is COc1ccc(CNCCCN2CCC(C)CC2)c(O)c1. The lowest BCUT2D eigenvalue weighted by atomic mass is 9.99. The molecule has 0 spiro atoms. The zero-order chi connectivity index (χ0) is 15.1. The van der Waals surface area contributed by atoms with Gasteiger partial charge in [-0.2, -0.15) is 0 Å². The summed E-state index contributed by atoms with van der Waals surface area (Å²) in [5.41, 5.74) is 0.919. The van der Waals surface area contributed by atoms with Gasteiger partial charge in [-0.15, -0.1) is 0 Å². The molecule has 1 fully saturated rings. The number of phenols is 1. The van der Waals surface area contributed by atoms with Crippen molar-refractivity contribution in [2.24, 2.45) is 5.92 Å². The van der Waals surface area contributed by atoms with Gasteiger partial charge in [0.05, 0.1) is 7.11 Å². The Hall–Kier alpha value is -1.26. The van der Waals surface area contributed by atoms with Crippen molar-refractivity contribution >= 4 is 0 Å². The summed E-state index contributed by atoms with van der Waals surface area (Å²) in [6.45, 7) is 7.71. The van der Waals surface area contributed by atoms with E-state index < -0.39 is 0 Å². The van der Waals surface area contributed by atoms with Crippen molar-refractivity contribution in [2.75, 3.05) is 33.3 Å². The van der Waals surface area contributed by atoms with E-state index >= 15 is 0 Å². The van der Waals surface area contributed by atoms with E-state index in [1.165, 1.54) is 32.5 Å². The quantitative estimate of drug-likeness (QED) is 0.758. The number of benzene rings is 1. The lowest BCUT2D eigenvalue weighted by Crippen LogP contribution is -2.34. The van der Waals surface area contributed by atoms with Crippen molar-refractivity contribution < 1.29 is 9.84 Å². The molecule has 21 heavy (non-hydrogen) atoms. The fourth-order valence-electron chi connectivity index (χ4n) is 2.76. The zero-order valence-electron chi connectivity index (χ0n) is 13.3. The maximum atomic E-state index is 9.88. The molecular formula is C17H28N2O2. The Labute approximate surface area is 128 Å². The molecule has 2 rings (SSSR count). The molecule has 118 valence electrons. The average molecular weight is 292 g/mol. The molecule has 1 heterocycles. The molecule has 1 aliphatic heterocycles. The van der Waals surface area contributed by atoms with Gasteiger partial charge in [0.2, 0.25) is 0 Å². The number of piperidine rings is 1. The van der Waals surface area contributed by atoms with E-state index in [4.69, 9.17) is 4.74 Å². The van der Waals surface area contributed by atoms with Crippen LogP contribution in [0.3, 0.4) is 0 Å². The fourth-order valence-corrected chi connectivity index (χ4v) is 2.76. The Kier molecular flexibility index (Phi) is 6.33. The lowest BCUT2D eigenvalue weighted by molar-refractivity contribution is 0.190. The summed E-state index contributed by atoms with van der Waals surface area (Å²) in [5, 5.41) is 13.3. The first-order valence-corrected chi connectivity index (χ1v) is 7.98. The summed E-state index contributed by atoms with van der Waals surface area (Å²) in [6, 6.07) is 5.45. The molecule has 0 saturated carbocycles. The highest BCUT2D eigenvalue weighted by Crippen LogP contribution is 2.23. The predicted octanol–water partition coefficient (Wildman–Crippen LogP) is 2.61. The number of hydrogen-bond donors (Lipinski definition) is 2. The van der Waals surface area contributed by atoms with Crippen LogP contribution < -0.4 is 10.1 Å². The van der Waals surface area contributed by atoms with Crippen LogP contribution in [0.15, 0.2) is 18.2 Å². The second-order valence-corrected chi connectivity index (χ2v) is 6.05. The average Bonchev–Trinajstić information content (AvgIpc) is 2.50. The van der Waals surface area contributed by atoms with E-state index in [9.17, 15) is 5.11 Å². The van der Waals surface area contributed by atoms with Gasteiger partial charge in [0.15, 0.2) is 0 Å². The third-order valence-corrected chi connectivity index (χ3v) is 4.31. The van der Waals surface area contributed by atoms with Gasteiger partial charge in [-0.3, -0.25) is 0 Å². The Bertz CT molecular complexity index is 429. The highest BCUT2D eigenvalue weighted by Gasteiger charge is 2.14. The van der Waals surface area contributed by atoms with Gasteiger partial charge in [0, 0.05) is 18.2 Å². The minimum atomic E-state index is 0.298. The topological polar surface area (TPSA) is 44.7 Å². The zero-order valence-corrected chi connectivity index (χ0v) is 13.3. The van der Waals surface area contributed by atoms with E-state index in [0.717, 1.165) is 24.4 Å². The first-order chi connectivity index (χ1) is 10.2. The Balaban J connectivity index is 1.61. The molecule has 0 amide bonds. The number of aromatic hydroxyl groups is 1. The second kappa shape index (κ2) is 8.25. The van der Waals surface area contributed by atoms with E-state index in [0.29, 0.717) is 18.0 Å². The Morgan fingerprint density at radius 2 is 2.10 bits per heavy atom. The molecule has 1 saturated heterocycles. The molecule has 1 aromatic carbocycles. The van der Waals surface area contributed by atoms with Crippen LogP contribution in [-0.2, 0) is 6.54 Å². The fraction of sp³-hybridized carbons (Fsp3) is 0.647. The lowest BCUT2D eigenvalue weighted by Gasteiger charge is -2.30. The molecular weight excluding hydrogens is 264 g/mol. The Morgan fingerprint density at radius 1 is 1.33 bits per heavy atom. The summed E-state index contributed by atoms with van der Waals surface area (Å²) in [7, 11) is 1.61.